The molecule has 0 aromatic carbocycles. The zero-order valence-electron chi connectivity index (χ0n) is 11.9. The summed E-state index contributed by atoms with van der Waals surface area (Å²) in [5.74, 6) is 0.934. The fraction of sp³-hybridized carbons (Fsp3) is 0.923. The van der Waals surface area contributed by atoms with Crippen molar-refractivity contribution in [1.29, 1.82) is 0 Å². The van der Waals surface area contributed by atoms with Crippen LogP contribution in [0.1, 0.15) is 25.7 Å². The maximum absolute atomic E-state index is 11.9. The van der Waals surface area contributed by atoms with Crippen LogP contribution in [0.3, 0.4) is 0 Å². The summed E-state index contributed by atoms with van der Waals surface area (Å²) in [5.41, 5.74) is 5.56. The Morgan fingerprint density at radius 3 is 2.50 bits per heavy atom. The summed E-state index contributed by atoms with van der Waals surface area (Å²) < 4.78 is 22.7. The number of rotatable bonds is 5. The minimum Gasteiger partial charge on any atom is -0.351 e. The quantitative estimate of drug-likeness (QED) is 0.704. The Kier molecular flexibility index (Phi) is 5.40. The van der Waals surface area contributed by atoms with Gasteiger partial charge in [-0.15, -0.1) is 0 Å². The highest BCUT2D eigenvalue weighted by atomic mass is 32.2. The molecule has 1 amide bonds. The van der Waals surface area contributed by atoms with Crippen molar-refractivity contribution in [2.24, 2.45) is 11.7 Å². The van der Waals surface area contributed by atoms with Crippen molar-refractivity contribution in [3.8, 4) is 0 Å². The number of likely N-dealkylation sites (tertiary alicyclic amines) is 1. The topological polar surface area (TPSA) is 92.5 Å². The van der Waals surface area contributed by atoms with Crippen LogP contribution in [0.25, 0.3) is 0 Å². The first-order chi connectivity index (χ1) is 9.48. The third-order valence-corrected chi connectivity index (χ3v) is 6.01. The van der Waals surface area contributed by atoms with Gasteiger partial charge in [0.15, 0.2) is 9.84 Å². The second-order valence-corrected chi connectivity index (χ2v) is 8.19. The van der Waals surface area contributed by atoms with Gasteiger partial charge in [-0.25, -0.2) is 8.42 Å². The van der Waals surface area contributed by atoms with Gasteiger partial charge in [0.2, 0.25) is 5.91 Å². The average molecular weight is 303 g/mol. The molecule has 2 heterocycles. The summed E-state index contributed by atoms with van der Waals surface area (Å²) in [6.07, 6.45) is 3.82. The highest BCUT2D eigenvalue weighted by Crippen LogP contribution is 2.19. The summed E-state index contributed by atoms with van der Waals surface area (Å²) >= 11 is 0. The van der Waals surface area contributed by atoms with Crippen molar-refractivity contribution >= 4 is 15.7 Å². The molecular weight excluding hydrogens is 278 g/mol. The molecule has 2 fully saturated rings. The molecule has 20 heavy (non-hydrogen) atoms. The second kappa shape index (κ2) is 6.87. The molecule has 0 aromatic heterocycles. The van der Waals surface area contributed by atoms with Crippen LogP contribution in [0, 0.1) is 5.92 Å². The van der Waals surface area contributed by atoms with Crippen LogP contribution in [0.4, 0.5) is 0 Å². The predicted octanol–water partition coefficient (Wildman–Crippen LogP) is -0.649. The van der Waals surface area contributed by atoms with Gasteiger partial charge in [0.1, 0.15) is 0 Å². The Morgan fingerprint density at radius 1 is 1.25 bits per heavy atom. The molecule has 1 atom stereocenters. The Labute approximate surface area is 121 Å². The number of piperidine rings is 1. The first kappa shape index (κ1) is 15.7. The lowest BCUT2D eigenvalue weighted by Gasteiger charge is -2.31. The van der Waals surface area contributed by atoms with E-state index in [1.165, 1.54) is 0 Å². The smallest absolute Gasteiger partial charge is 0.234 e. The lowest BCUT2D eigenvalue weighted by molar-refractivity contribution is -0.123. The molecule has 0 bridgehead atoms. The first-order valence-electron chi connectivity index (χ1n) is 7.41. The van der Waals surface area contributed by atoms with Crippen molar-refractivity contribution in [3.63, 3.8) is 0 Å². The maximum Gasteiger partial charge on any atom is 0.234 e. The van der Waals surface area contributed by atoms with Crippen LogP contribution in [-0.4, -0.2) is 63.0 Å². The van der Waals surface area contributed by atoms with Crippen LogP contribution >= 0.6 is 0 Å². The van der Waals surface area contributed by atoms with Gasteiger partial charge in [0.25, 0.3) is 0 Å². The van der Waals surface area contributed by atoms with Gasteiger partial charge in [-0.05, 0) is 51.2 Å². The number of sulfone groups is 1. The van der Waals surface area contributed by atoms with E-state index in [1.54, 1.807) is 0 Å². The Balaban J connectivity index is 1.68. The number of nitrogens with zero attached hydrogens (tertiary/aromatic N) is 1. The molecule has 0 aromatic rings. The maximum atomic E-state index is 11.9. The second-order valence-electron chi connectivity index (χ2n) is 5.96. The molecule has 1 unspecified atom stereocenters. The van der Waals surface area contributed by atoms with Gasteiger partial charge in [0.05, 0.1) is 18.1 Å². The summed E-state index contributed by atoms with van der Waals surface area (Å²) in [5, 5.41) is 2.84. The number of hydrogen-bond donors (Lipinski definition) is 2. The van der Waals surface area contributed by atoms with Crippen molar-refractivity contribution in [1.82, 2.24) is 10.2 Å². The van der Waals surface area contributed by atoms with Gasteiger partial charge in [0, 0.05) is 6.04 Å². The minimum atomic E-state index is -2.93. The number of hydrogen-bond acceptors (Lipinski definition) is 5. The van der Waals surface area contributed by atoms with Crippen LogP contribution in [0.2, 0.25) is 0 Å². The SMILES string of the molecule is NCCC1CCN(CC(=O)NC2CCS(=O)(=O)C2)CC1. The molecule has 0 radical (unpaired) electrons. The fourth-order valence-electron chi connectivity index (χ4n) is 3.05. The van der Waals surface area contributed by atoms with Crippen molar-refractivity contribution in [2.75, 3.05) is 37.7 Å². The predicted molar refractivity (Wildman–Crippen MR) is 78.0 cm³/mol. The van der Waals surface area contributed by atoms with Crippen molar-refractivity contribution in [2.45, 2.75) is 31.7 Å². The zero-order valence-corrected chi connectivity index (χ0v) is 12.7. The molecule has 0 aliphatic carbocycles. The highest BCUT2D eigenvalue weighted by Gasteiger charge is 2.29. The van der Waals surface area contributed by atoms with Crippen molar-refractivity contribution < 1.29 is 13.2 Å². The van der Waals surface area contributed by atoms with Crippen LogP contribution in [0.15, 0.2) is 0 Å². The van der Waals surface area contributed by atoms with E-state index >= 15 is 0 Å². The Hall–Kier alpha value is -0.660. The minimum absolute atomic E-state index is 0.0515. The van der Waals surface area contributed by atoms with E-state index in [1.807, 2.05) is 0 Å². The highest BCUT2D eigenvalue weighted by molar-refractivity contribution is 7.91. The number of nitrogens with two attached hydrogens (primary N) is 1. The van der Waals surface area contributed by atoms with Crippen molar-refractivity contribution in [3.05, 3.63) is 0 Å². The Morgan fingerprint density at radius 2 is 1.95 bits per heavy atom. The molecule has 0 saturated carbocycles. The molecule has 2 rings (SSSR count). The van der Waals surface area contributed by atoms with E-state index < -0.39 is 9.84 Å². The van der Waals surface area contributed by atoms with E-state index in [9.17, 15) is 13.2 Å². The fourth-order valence-corrected chi connectivity index (χ4v) is 4.73. The molecule has 3 N–H and O–H groups in total. The molecule has 6 nitrogen and oxygen atoms in total. The number of nitrogens with one attached hydrogen (secondary N) is 1. The van der Waals surface area contributed by atoms with E-state index in [2.05, 4.69) is 10.2 Å². The van der Waals surface area contributed by atoms with E-state index in [0.29, 0.717) is 18.9 Å². The Bertz CT molecular complexity index is 430. The molecule has 0 spiro atoms. The summed E-state index contributed by atoms with van der Waals surface area (Å²) in [4.78, 5) is 14.1. The molecule has 7 heteroatoms. The largest absolute Gasteiger partial charge is 0.351 e. The first-order valence-corrected chi connectivity index (χ1v) is 9.23. The third kappa shape index (κ3) is 4.71. The molecule has 2 aliphatic rings. The molecule has 2 aliphatic heterocycles. The monoisotopic (exact) mass is 303 g/mol. The van der Waals surface area contributed by atoms with Crippen LogP contribution in [-0.2, 0) is 14.6 Å². The number of carbonyl (C=O) groups is 1. The lowest BCUT2D eigenvalue weighted by atomic mass is 9.94. The average Bonchev–Trinajstić information content (AvgIpc) is 2.71. The summed E-state index contributed by atoms with van der Waals surface area (Å²) in [6, 6.07) is -0.192. The molecule has 116 valence electrons. The van der Waals surface area contributed by atoms with Crippen LogP contribution < -0.4 is 11.1 Å². The van der Waals surface area contributed by atoms with Gasteiger partial charge < -0.3 is 11.1 Å². The van der Waals surface area contributed by atoms with Crippen LogP contribution in [0.5, 0.6) is 0 Å². The standard InChI is InChI=1S/C13H25N3O3S/c14-5-1-11-2-6-16(7-3-11)9-13(17)15-12-4-8-20(18,19)10-12/h11-12H,1-10,14H2,(H,15,17). The summed E-state index contributed by atoms with van der Waals surface area (Å²) in [6.45, 7) is 2.98. The zero-order chi connectivity index (χ0) is 14.6. The van der Waals surface area contributed by atoms with E-state index in [0.717, 1.165) is 38.9 Å². The molecule has 2 saturated heterocycles. The number of amides is 1. The number of carbonyl (C=O) groups excluding carboxylic acids is 1. The third-order valence-electron chi connectivity index (χ3n) is 4.25. The van der Waals surface area contributed by atoms with Gasteiger partial charge in [-0.3, -0.25) is 9.69 Å². The normalized spacial score (nSPS) is 27.6. The van der Waals surface area contributed by atoms with Gasteiger partial charge in [-0.1, -0.05) is 0 Å². The van der Waals surface area contributed by atoms with E-state index in [-0.39, 0.29) is 23.5 Å². The molecular formula is C13H25N3O3S. The lowest BCUT2D eigenvalue weighted by Crippen LogP contribution is -2.45. The summed E-state index contributed by atoms with van der Waals surface area (Å²) in [7, 11) is -2.93. The van der Waals surface area contributed by atoms with Gasteiger partial charge >= 0.3 is 0 Å². The van der Waals surface area contributed by atoms with Gasteiger partial charge in [-0.2, -0.15) is 0 Å². The van der Waals surface area contributed by atoms with E-state index in [4.69, 9.17) is 5.73 Å².